The van der Waals surface area contributed by atoms with Crippen molar-refractivity contribution in [2.45, 2.75) is 24.5 Å². The number of nitrogens with zero attached hydrogens (tertiary/aromatic N) is 2. The SMILES string of the molecule is Nc1ccn([C@@H]2O[C@H](CO)[C@@H](O)[C@@H]2O)c(=O)n1.O=P(O)(O)O.O=P(O)(O)O.O=P(O)(O)O. The Morgan fingerprint density at radius 2 is 1.28 bits per heavy atom. The molecule has 0 aromatic carbocycles. The lowest BCUT2D eigenvalue weighted by molar-refractivity contribution is -0.0549. The number of rotatable bonds is 2. The third kappa shape index (κ3) is 19.5. The quantitative estimate of drug-likeness (QED) is 0.156. The summed E-state index contributed by atoms with van der Waals surface area (Å²) in [4.78, 5) is 79.7. The van der Waals surface area contributed by atoms with Crippen molar-refractivity contribution in [2.75, 3.05) is 12.3 Å². The summed E-state index contributed by atoms with van der Waals surface area (Å²) in [6.07, 6.45) is -3.27. The smallest absolute Gasteiger partial charge is 0.394 e. The molecule has 4 atom stereocenters. The standard InChI is InChI=1S/C9H13N3O5.3H3O4P/c10-5-1-2-12(9(16)11-5)8-7(15)6(14)4(3-13)17-8;3*1-5(2,3)4/h1-2,4,6-8,13-15H,3H2,(H2,10,11,16);3*(H3,1,2,3,4)/t4-,6-,7+,8-;;;/m1.../s1. The van der Waals surface area contributed by atoms with E-state index in [9.17, 15) is 15.0 Å². The zero-order valence-electron chi connectivity index (χ0n) is 15.4. The highest BCUT2D eigenvalue weighted by Gasteiger charge is 2.43. The van der Waals surface area contributed by atoms with Crippen LogP contribution in [0.1, 0.15) is 6.23 Å². The first-order valence-electron chi connectivity index (χ1n) is 7.36. The average Bonchev–Trinajstić information content (AvgIpc) is 2.78. The third-order valence-electron chi connectivity index (χ3n) is 2.64. The lowest BCUT2D eigenvalue weighted by Gasteiger charge is -2.16. The van der Waals surface area contributed by atoms with Crippen LogP contribution in [0.25, 0.3) is 0 Å². The normalized spacial score (nSPS) is 23.0. The van der Waals surface area contributed by atoms with Gasteiger partial charge in [0.2, 0.25) is 0 Å². The van der Waals surface area contributed by atoms with Crippen molar-refractivity contribution in [1.29, 1.82) is 0 Å². The van der Waals surface area contributed by atoms with Crippen molar-refractivity contribution in [1.82, 2.24) is 9.55 Å². The van der Waals surface area contributed by atoms with Crippen LogP contribution in [-0.2, 0) is 18.4 Å². The third-order valence-corrected chi connectivity index (χ3v) is 2.64. The molecule has 0 unspecified atom stereocenters. The van der Waals surface area contributed by atoms with Crippen LogP contribution in [0.15, 0.2) is 17.1 Å². The zero-order chi connectivity index (χ0) is 26.1. The fourth-order valence-electron chi connectivity index (χ4n) is 1.73. The number of nitrogen functional groups attached to an aromatic ring is 1. The molecule has 1 aromatic rings. The number of hydrogen-bond donors (Lipinski definition) is 13. The Kier molecular flexibility index (Phi) is 14.0. The Morgan fingerprint density at radius 1 is 0.906 bits per heavy atom. The number of anilines is 1. The van der Waals surface area contributed by atoms with E-state index < -0.39 is 60.3 Å². The van der Waals surface area contributed by atoms with Crippen molar-refractivity contribution in [3.05, 3.63) is 22.7 Å². The van der Waals surface area contributed by atoms with Gasteiger partial charge in [-0.3, -0.25) is 4.57 Å². The molecule has 0 saturated carbocycles. The molecule has 1 aliphatic rings. The van der Waals surface area contributed by atoms with E-state index in [1.165, 1.54) is 12.3 Å². The summed E-state index contributed by atoms with van der Waals surface area (Å²) in [5, 5.41) is 28.2. The molecule has 14 N–H and O–H groups in total. The van der Waals surface area contributed by atoms with Gasteiger partial charge in [0.05, 0.1) is 6.61 Å². The Labute approximate surface area is 177 Å². The lowest BCUT2D eigenvalue weighted by atomic mass is 10.1. The molecule has 0 spiro atoms. The average molecular weight is 537 g/mol. The number of aliphatic hydroxyl groups excluding tert-OH is 3. The zero-order valence-corrected chi connectivity index (χ0v) is 18.1. The Bertz CT molecular complexity index is 818. The van der Waals surface area contributed by atoms with E-state index in [4.69, 9.17) is 73.3 Å². The largest absolute Gasteiger partial charge is 0.466 e. The van der Waals surface area contributed by atoms with Crippen molar-refractivity contribution in [3.8, 4) is 0 Å². The van der Waals surface area contributed by atoms with E-state index >= 15 is 0 Å². The van der Waals surface area contributed by atoms with E-state index in [0.29, 0.717) is 0 Å². The predicted octanol–water partition coefficient (Wildman–Crippen LogP) is -5.35. The summed E-state index contributed by atoms with van der Waals surface area (Å²) in [6, 6.07) is 1.37. The van der Waals surface area contributed by atoms with Gasteiger partial charge in [-0.2, -0.15) is 4.98 Å². The molecule has 1 fully saturated rings. The molecular formula is C9H22N3O17P3. The molecule has 190 valence electrons. The van der Waals surface area contributed by atoms with Gasteiger partial charge in [-0.05, 0) is 6.07 Å². The first-order chi connectivity index (χ1) is 14.0. The summed E-state index contributed by atoms with van der Waals surface area (Å²) >= 11 is 0. The van der Waals surface area contributed by atoms with Crippen molar-refractivity contribution in [2.24, 2.45) is 0 Å². The summed E-state index contributed by atoms with van der Waals surface area (Å²) in [7, 11) is -13.9. The first kappa shape index (κ1) is 33.0. The van der Waals surface area contributed by atoms with E-state index in [-0.39, 0.29) is 5.82 Å². The summed E-state index contributed by atoms with van der Waals surface area (Å²) in [5.41, 5.74) is 4.63. The Balaban J connectivity index is 0. The summed E-state index contributed by atoms with van der Waals surface area (Å²) < 4.78 is 32.8. The molecule has 2 rings (SSSR count). The Hall–Kier alpha value is -1.15. The molecule has 32 heavy (non-hydrogen) atoms. The van der Waals surface area contributed by atoms with Crippen molar-refractivity contribution < 1.29 is 77.8 Å². The predicted molar refractivity (Wildman–Crippen MR) is 98.7 cm³/mol. The van der Waals surface area contributed by atoms with Gasteiger partial charge in [-0.15, -0.1) is 0 Å². The second-order valence-electron chi connectivity index (χ2n) is 5.31. The van der Waals surface area contributed by atoms with Gasteiger partial charge in [0.25, 0.3) is 0 Å². The fourth-order valence-corrected chi connectivity index (χ4v) is 1.73. The van der Waals surface area contributed by atoms with Crippen LogP contribution in [-0.4, -0.2) is 93.8 Å². The fraction of sp³-hybridized carbons (Fsp3) is 0.556. The molecule has 0 aliphatic carbocycles. The molecule has 1 saturated heterocycles. The second kappa shape index (κ2) is 13.5. The lowest BCUT2D eigenvalue weighted by Crippen LogP contribution is -2.36. The van der Waals surface area contributed by atoms with Gasteiger partial charge in [0, 0.05) is 6.20 Å². The van der Waals surface area contributed by atoms with Crippen LogP contribution in [0.4, 0.5) is 5.82 Å². The molecule has 23 heteroatoms. The highest BCUT2D eigenvalue weighted by Crippen LogP contribution is 2.28. The minimum absolute atomic E-state index is 0.0537. The van der Waals surface area contributed by atoms with Crippen LogP contribution in [0.5, 0.6) is 0 Å². The van der Waals surface area contributed by atoms with Gasteiger partial charge in [-0.25, -0.2) is 18.5 Å². The topological polar surface area (TPSA) is 364 Å². The first-order valence-corrected chi connectivity index (χ1v) is 12.1. The maximum Gasteiger partial charge on any atom is 0.466 e. The highest BCUT2D eigenvalue weighted by atomic mass is 31.2. The number of hydrogen-bond acceptors (Lipinski definition) is 10. The number of aromatic nitrogens is 2. The van der Waals surface area contributed by atoms with Crippen molar-refractivity contribution in [3.63, 3.8) is 0 Å². The molecule has 1 aliphatic heterocycles. The maximum absolute atomic E-state index is 11.5. The summed E-state index contributed by atoms with van der Waals surface area (Å²) in [5.74, 6) is 0.0537. The van der Waals surface area contributed by atoms with E-state index in [0.717, 1.165) is 4.57 Å². The number of aliphatic hydroxyl groups is 3. The minimum atomic E-state index is -4.64. The number of ether oxygens (including phenoxy) is 1. The van der Waals surface area contributed by atoms with Crippen LogP contribution in [0, 0.1) is 0 Å². The molecule has 1 aromatic heterocycles. The molecule has 0 radical (unpaired) electrons. The Morgan fingerprint density at radius 3 is 1.56 bits per heavy atom. The van der Waals surface area contributed by atoms with Gasteiger partial charge in [0.1, 0.15) is 24.1 Å². The van der Waals surface area contributed by atoms with Gasteiger partial charge in [-0.1, -0.05) is 0 Å². The molecule has 0 bridgehead atoms. The summed E-state index contributed by atoms with van der Waals surface area (Å²) in [6.45, 7) is -0.453. The monoisotopic (exact) mass is 537 g/mol. The molecule has 0 amide bonds. The second-order valence-corrected chi connectivity index (χ2v) is 8.39. The van der Waals surface area contributed by atoms with Gasteiger partial charge in [0.15, 0.2) is 6.23 Å². The van der Waals surface area contributed by atoms with Crippen LogP contribution in [0.2, 0.25) is 0 Å². The van der Waals surface area contributed by atoms with E-state index in [2.05, 4.69) is 4.98 Å². The van der Waals surface area contributed by atoms with E-state index in [1.807, 2.05) is 0 Å². The number of nitrogens with two attached hydrogens (primary N) is 1. The molecule has 20 nitrogen and oxygen atoms in total. The van der Waals surface area contributed by atoms with Crippen LogP contribution >= 0.6 is 23.5 Å². The van der Waals surface area contributed by atoms with Crippen LogP contribution < -0.4 is 11.4 Å². The van der Waals surface area contributed by atoms with Crippen LogP contribution in [0.3, 0.4) is 0 Å². The van der Waals surface area contributed by atoms with Crippen molar-refractivity contribution >= 4 is 29.3 Å². The maximum atomic E-state index is 11.5. The highest BCUT2D eigenvalue weighted by molar-refractivity contribution is 7.45. The van der Waals surface area contributed by atoms with E-state index in [1.54, 1.807) is 0 Å². The molecular weight excluding hydrogens is 515 g/mol. The molecule has 2 heterocycles. The van der Waals surface area contributed by atoms with Gasteiger partial charge >= 0.3 is 29.2 Å². The van der Waals surface area contributed by atoms with Gasteiger partial charge < -0.3 is 69.8 Å². The number of phosphoric acid groups is 3. The minimum Gasteiger partial charge on any atom is -0.394 e.